The lowest BCUT2D eigenvalue weighted by molar-refractivity contribution is -0.0357. The minimum absolute atomic E-state index is 0.300. The van der Waals surface area contributed by atoms with Crippen LogP contribution in [0.15, 0.2) is 24.4 Å². The van der Waals surface area contributed by atoms with E-state index in [4.69, 9.17) is 19.3 Å². The first-order chi connectivity index (χ1) is 17.1. The van der Waals surface area contributed by atoms with Crippen molar-refractivity contribution in [1.82, 2.24) is 29.8 Å². The standard InChI is InChI=1S/C25H28N6O4/c1-15-17-5-7-21-18-12-16(4-6-20(18)27-28-21)19-13-26-30(2)24(19)34-9-3-10-35-25(17)31(29-15)22-14-33-11-8-23(22)32/h4-7,12-13,22-23,32H,3,8-11,14H2,1-2H3,(H,27,28)/b7-5+/t22-,23?/m0/s1. The molecule has 0 aliphatic carbocycles. The molecule has 182 valence electrons. The molecule has 3 aromatic heterocycles. The second kappa shape index (κ2) is 8.86. The number of aryl methyl sites for hydroxylation is 2. The Bertz CT molecular complexity index is 1400. The number of H-pyrrole nitrogens is 1. The fraction of sp³-hybridized carbons (Fsp3) is 0.400. The Morgan fingerprint density at radius 3 is 2.83 bits per heavy atom. The SMILES string of the molecule is Cc1nn([C@H]2COCCC2O)c2c1/C=C/c1[nH]nc3ccc(cc13)-c1cnn(C)c1OCCCO2. The van der Waals surface area contributed by atoms with Crippen molar-refractivity contribution in [2.45, 2.75) is 31.9 Å². The van der Waals surface area contributed by atoms with Gasteiger partial charge in [0.1, 0.15) is 6.04 Å². The van der Waals surface area contributed by atoms with E-state index in [2.05, 4.69) is 21.4 Å². The Balaban J connectivity index is 1.46. The third-order valence-electron chi connectivity index (χ3n) is 6.65. The van der Waals surface area contributed by atoms with E-state index < -0.39 is 6.10 Å². The number of rotatable bonds is 1. The lowest BCUT2D eigenvalue weighted by Gasteiger charge is -2.29. The molecule has 2 aliphatic rings. The van der Waals surface area contributed by atoms with Crippen molar-refractivity contribution in [1.29, 1.82) is 0 Å². The van der Waals surface area contributed by atoms with Crippen molar-refractivity contribution in [2.24, 2.45) is 7.05 Å². The van der Waals surface area contributed by atoms with Crippen LogP contribution in [-0.4, -0.2) is 67.4 Å². The summed E-state index contributed by atoms with van der Waals surface area (Å²) in [6.07, 6.45) is 6.51. The van der Waals surface area contributed by atoms with E-state index in [-0.39, 0.29) is 6.04 Å². The Morgan fingerprint density at radius 2 is 1.97 bits per heavy atom. The zero-order valence-electron chi connectivity index (χ0n) is 19.8. The van der Waals surface area contributed by atoms with E-state index in [9.17, 15) is 5.11 Å². The van der Waals surface area contributed by atoms with E-state index in [1.807, 2.05) is 44.5 Å². The predicted octanol–water partition coefficient (Wildman–Crippen LogP) is 3.12. The first-order valence-electron chi connectivity index (χ1n) is 11.9. The van der Waals surface area contributed by atoms with Crippen LogP contribution in [0.25, 0.3) is 34.2 Å². The van der Waals surface area contributed by atoms with Gasteiger partial charge >= 0.3 is 0 Å². The average Bonchev–Trinajstić information content (AvgIpc) is 3.52. The number of nitrogens with zero attached hydrogens (tertiary/aromatic N) is 5. The average molecular weight is 477 g/mol. The molecule has 10 heteroatoms. The van der Waals surface area contributed by atoms with Gasteiger partial charge in [0.15, 0.2) is 0 Å². The summed E-state index contributed by atoms with van der Waals surface area (Å²) in [5.74, 6) is 1.33. The van der Waals surface area contributed by atoms with Crippen LogP contribution < -0.4 is 9.47 Å². The van der Waals surface area contributed by atoms with Crippen LogP contribution >= 0.6 is 0 Å². The number of aliphatic hydroxyl groups excluding tert-OH is 1. The van der Waals surface area contributed by atoms with Crippen LogP contribution in [-0.2, 0) is 11.8 Å². The molecular formula is C25H28N6O4. The van der Waals surface area contributed by atoms with Gasteiger partial charge in [0.05, 0.1) is 60.2 Å². The minimum atomic E-state index is -0.544. The third kappa shape index (κ3) is 3.88. The van der Waals surface area contributed by atoms with Crippen molar-refractivity contribution in [3.8, 4) is 22.9 Å². The van der Waals surface area contributed by atoms with Crippen molar-refractivity contribution in [3.63, 3.8) is 0 Å². The largest absolute Gasteiger partial charge is 0.477 e. The molecule has 5 heterocycles. The highest BCUT2D eigenvalue weighted by Gasteiger charge is 2.30. The highest BCUT2D eigenvalue weighted by atomic mass is 16.5. The summed E-state index contributed by atoms with van der Waals surface area (Å²) in [5, 5.41) is 28.4. The summed E-state index contributed by atoms with van der Waals surface area (Å²) < 4.78 is 21.6. The van der Waals surface area contributed by atoms with Gasteiger partial charge in [-0.25, -0.2) is 9.36 Å². The molecule has 0 amide bonds. The van der Waals surface area contributed by atoms with Crippen LogP contribution in [0.3, 0.4) is 0 Å². The van der Waals surface area contributed by atoms with Gasteiger partial charge in [-0.05, 0) is 43.2 Å². The van der Waals surface area contributed by atoms with Gasteiger partial charge < -0.3 is 19.3 Å². The topological polar surface area (TPSA) is 112 Å². The van der Waals surface area contributed by atoms with Gasteiger partial charge in [0.25, 0.3) is 0 Å². The summed E-state index contributed by atoms with van der Waals surface area (Å²) in [6.45, 7) is 3.79. The molecule has 4 aromatic rings. The zero-order chi connectivity index (χ0) is 23.9. The van der Waals surface area contributed by atoms with E-state index in [0.717, 1.165) is 39.0 Å². The number of hydrogen-bond donors (Lipinski definition) is 2. The van der Waals surface area contributed by atoms with Gasteiger partial charge in [-0.3, -0.25) is 5.10 Å². The normalized spacial score (nSPS) is 21.5. The van der Waals surface area contributed by atoms with Crippen LogP contribution in [0.5, 0.6) is 11.8 Å². The Hall–Kier alpha value is -3.63. The number of ether oxygens (including phenoxy) is 3. The summed E-state index contributed by atoms with van der Waals surface area (Å²) >= 11 is 0. The van der Waals surface area contributed by atoms with Crippen LogP contribution in [0.1, 0.15) is 35.8 Å². The van der Waals surface area contributed by atoms with Crippen LogP contribution in [0, 0.1) is 6.92 Å². The fourth-order valence-electron chi connectivity index (χ4n) is 4.73. The molecule has 2 atom stereocenters. The summed E-state index contributed by atoms with van der Waals surface area (Å²) in [5.41, 5.74) is 5.38. The summed E-state index contributed by atoms with van der Waals surface area (Å²) in [7, 11) is 1.87. The van der Waals surface area contributed by atoms with Gasteiger partial charge in [-0.15, -0.1) is 0 Å². The van der Waals surface area contributed by atoms with Crippen molar-refractivity contribution in [3.05, 3.63) is 41.3 Å². The molecule has 0 saturated carbocycles. The smallest absolute Gasteiger partial charge is 0.219 e. The van der Waals surface area contributed by atoms with E-state index in [0.29, 0.717) is 51.0 Å². The Labute approximate surface area is 202 Å². The van der Waals surface area contributed by atoms with E-state index in [1.165, 1.54) is 0 Å². The molecule has 0 spiro atoms. The van der Waals surface area contributed by atoms with Crippen molar-refractivity contribution >= 4 is 23.1 Å². The van der Waals surface area contributed by atoms with Crippen molar-refractivity contribution in [2.75, 3.05) is 26.4 Å². The molecule has 2 bridgehead atoms. The number of aliphatic hydroxyl groups is 1. The number of hydrogen-bond acceptors (Lipinski definition) is 7. The maximum Gasteiger partial charge on any atom is 0.219 e. The molecule has 1 aromatic carbocycles. The second-order valence-corrected chi connectivity index (χ2v) is 8.99. The number of fused-ring (bicyclic) bond motifs is 4. The van der Waals surface area contributed by atoms with Crippen LogP contribution in [0.2, 0.25) is 0 Å². The van der Waals surface area contributed by atoms with E-state index >= 15 is 0 Å². The molecule has 1 saturated heterocycles. The summed E-state index contributed by atoms with van der Waals surface area (Å²) in [6, 6.07) is 5.83. The van der Waals surface area contributed by atoms with Gasteiger partial charge in [0, 0.05) is 25.5 Å². The van der Waals surface area contributed by atoms with Gasteiger partial charge in [0.2, 0.25) is 11.8 Å². The minimum Gasteiger partial charge on any atom is -0.477 e. The maximum atomic E-state index is 10.6. The Morgan fingerprint density at radius 1 is 1.11 bits per heavy atom. The van der Waals surface area contributed by atoms with Gasteiger partial charge in [-0.1, -0.05) is 6.07 Å². The molecule has 2 N–H and O–H groups in total. The molecule has 35 heavy (non-hydrogen) atoms. The predicted molar refractivity (Wildman–Crippen MR) is 130 cm³/mol. The third-order valence-corrected chi connectivity index (χ3v) is 6.65. The molecule has 10 nitrogen and oxygen atoms in total. The quantitative estimate of drug-likeness (QED) is 0.434. The highest BCUT2D eigenvalue weighted by molar-refractivity contribution is 5.93. The molecule has 0 radical (unpaired) electrons. The fourth-order valence-corrected chi connectivity index (χ4v) is 4.73. The molecule has 2 aliphatic heterocycles. The summed E-state index contributed by atoms with van der Waals surface area (Å²) in [4.78, 5) is 0. The maximum absolute atomic E-state index is 10.6. The molecule has 6 rings (SSSR count). The van der Waals surface area contributed by atoms with Crippen molar-refractivity contribution < 1.29 is 19.3 Å². The highest BCUT2D eigenvalue weighted by Crippen LogP contribution is 2.34. The lowest BCUT2D eigenvalue weighted by Crippen LogP contribution is -2.35. The zero-order valence-corrected chi connectivity index (χ0v) is 19.8. The molecule has 1 fully saturated rings. The van der Waals surface area contributed by atoms with Gasteiger partial charge in [-0.2, -0.15) is 15.3 Å². The number of benzene rings is 1. The first kappa shape index (κ1) is 21.9. The monoisotopic (exact) mass is 476 g/mol. The molecular weight excluding hydrogens is 448 g/mol. The second-order valence-electron chi connectivity index (χ2n) is 8.99. The number of aromatic nitrogens is 6. The van der Waals surface area contributed by atoms with Crippen LogP contribution in [0.4, 0.5) is 0 Å². The first-order valence-corrected chi connectivity index (χ1v) is 11.9. The lowest BCUT2D eigenvalue weighted by atomic mass is 10.1. The van der Waals surface area contributed by atoms with E-state index in [1.54, 1.807) is 9.36 Å². The Kier molecular flexibility index (Phi) is 5.54. The number of aromatic amines is 1. The molecule has 1 unspecified atom stereocenters. The number of nitrogens with one attached hydrogen (secondary N) is 1.